The summed E-state index contributed by atoms with van der Waals surface area (Å²) in [7, 11) is 5.69. The number of nitrogens with one attached hydrogen (secondary N) is 1. The molecule has 0 saturated heterocycles. The van der Waals surface area contributed by atoms with Gasteiger partial charge in [0.1, 0.15) is 11.3 Å². The van der Waals surface area contributed by atoms with Crippen LogP contribution < -0.4 is 15.0 Å². The van der Waals surface area contributed by atoms with Gasteiger partial charge in [0.05, 0.1) is 13.2 Å². The maximum Gasteiger partial charge on any atom is 0.119 e. The van der Waals surface area contributed by atoms with E-state index in [0.29, 0.717) is 5.92 Å². The Morgan fingerprint density at radius 3 is 2.71 bits per heavy atom. The molecule has 0 heterocycles. The molecule has 1 aliphatic rings. The lowest BCUT2D eigenvalue weighted by molar-refractivity contribution is 0.323. The first kappa shape index (κ1) is 15.7. The number of nitrogens with zero attached hydrogens (tertiary/aromatic N) is 2. The van der Waals surface area contributed by atoms with Crippen LogP contribution in [0.2, 0.25) is 0 Å². The Labute approximate surface area is 127 Å². The summed E-state index contributed by atoms with van der Waals surface area (Å²) in [6.07, 6.45) is 4.30. The highest BCUT2D eigenvalue weighted by Gasteiger charge is 2.41. The number of anilines is 1. The van der Waals surface area contributed by atoms with E-state index >= 15 is 0 Å². The van der Waals surface area contributed by atoms with Crippen LogP contribution in [0.25, 0.3) is 0 Å². The Balaban J connectivity index is 1.94. The van der Waals surface area contributed by atoms with E-state index in [1.54, 1.807) is 7.11 Å². The zero-order valence-corrected chi connectivity index (χ0v) is 13.2. The molecule has 0 bridgehead atoms. The molecule has 0 aromatic heterocycles. The zero-order valence-electron chi connectivity index (χ0n) is 13.2. The van der Waals surface area contributed by atoms with Gasteiger partial charge in [-0.15, -0.1) is 0 Å². The molecule has 1 saturated carbocycles. The van der Waals surface area contributed by atoms with E-state index in [0.717, 1.165) is 38.0 Å². The molecule has 1 N–H and O–H groups in total. The van der Waals surface area contributed by atoms with Crippen LogP contribution in [-0.4, -0.2) is 33.3 Å². The van der Waals surface area contributed by atoms with Crippen molar-refractivity contribution in [3.05, 3.63) is 24.3 Å². The number of hydrogen-bond acceptors (Lipinski definition) is 4. The van der Waals surface area contributed by atoms with Crippen molar-refractivity contribution in [3.63, 3.8) is 0 Å². The molecular formula is C17H25N3O. The first-order valence-electron chi connectivity index (χ1n) is 7.60. The average molecular weight is 287 g/mol. The first-order chi connectivity index (χ1) is 10.1. The molecule has 0 spiro atoms. The van der Waals surface area contributed by atoms with E-state index in [9.17, 15) is 5.26 Å². The minimum Gasteiger partial charge on any atom is -0.497 e. The molecule has 1 aromatic carbocycles. The van der Waals surface area contributed by atoms with Gasteiger partial charge in [-0.05, 0) is 56.5 Å². The first-order valence-corrected chi connectivity index (χ1v) is 7.60. The van der Waals surface area contributed by atoms with Gasteiger partial charge in [0.2, 0.25) is 0 Å². The van der Waals surface area contributed by atoms with Gasteiger partial charge in [-0.1, -0.05) is 6.42 Å². The van der Waals surface area contributed by atoms with Gasteiger partial charge in [0.25, 0.3) is 0 Å². The summed E-state index contributed by atoms with van der Waals surface area (Å²) in [4.78, 5) is 2.25. The second-order valence-electron chi connectivity index (χ2n) is 5.83. The molecule has 1 aliphatic carbocycles. The number of hydrogen-bond donors (Lipinski definition) is 1. The second-order valence-corrected chi connectivity index (χ2v) is 5.83. The molecule has 1 fully saturated rings. The monoisotopic (exact) mass is 287 g/mol. The van der Waals surface area contributed by atoms with E-state index in [1.807, 2.05) is 19.2 Å². The van der Waals surface area contributed by atoms with Gasteiger partial charge in [0.15, 0.2) is 0 Å². The molecule has 0 radical (unpaired) electrons. The van der Waals surface area contributed by atoms with Crippen LogP contribution in [0.1, 0.15) is 25.7 Å². The number of ether oxygens (including phenoxy) is 1. The summed E-state index contributed by atoms with van der Waals surface area (Å²) in [5, 5.41) is 12.7. The summed E-state index contributed by atoms with van der Waals surface area (Å²) >= 11 is 0. The molecule has 2 unspecified atom stereocenters. The predicted molar refractivity (Wildman–Crippen MR) is 85.6 cm³/mol. The standard InChI is InChI=1S/C17H25N3O/c1-19-17(13-18)11-4-5-14(17)10-12-20(2)15-6-8-16(21-3)9-7-15/h6-9,14,19H,4-5,10-12H2,1-3H3. The molecular weight excluding hydrogens is 262 g/mol. The van der Waals surface area contributed by atoms with Crippen LogP contribution >= 0.6 is 0 Å². The maximum atomic E-state index is 9.49. The topological polar surface area (TPSA) is 48.3 Å². The number of methoxy groups -OCH3 is 1. The van der Waals surface area contributed by atoms with Crippen molar-refractivity contribution < 1.29 is 4.74 Å². The van der Waals surface area contributed by atoms with Gasteiger partial charge in [-0.3, -0.25) is 0 Å². The van der Waals surface area contributed by atoms with E-state index in [2.05, 4.69) is 35.5 Å². The summed E-state index contributed by atoms with van der Waals surface area (Å²) in [6, 6.07) is 10.6. The number of benzene rings is 1. The summed E-state index contributed by atoms with van der Waals surface area (Å²) in [5.74, 6) is 1.31. The van der Waals surface area contributed by atoms with Gasteiger partial charge < -0.3 is 15.0 Å². The van der Waals surface area contributed by atoms with Crippen LogP contribution in [-0.2, 0) is 0 Å². The predicted octanol–water partition coefficient (Wildman–Crippen LogP) is 2.80. The van der Waals surface area contributed by atoms with Crippen molar-refractivity contribution in [2.75, 3.05) is 32.6 Å². The van der Waals surface area contributed by atoms with E-state index < -0.39 is 0 Å². The Hall–Kier alpha value is -1.73. The highest BCUT2D eigenvalue weighted by atomic mass is 16.5. The van der Waals surface area contributed by atoms with E-state index in [-0.39, 0.29) is 5.54 Å². The maximum absolute atomic E-state index is 9.49. The summed E-state index contributed by atoms with van der Waals surface area (Å²) in [6.45, 7) is 0.960. The van der Waals surface area contributed by atoms with Gasteiger partial charge in [-0.2, -0.15) is 5.26 Å². The van der Waals surface area contributed by atoms with Gasteiger partial charge in [-0.25, -0.2) is 0 Å². The number of nitriles is 1. The van der Waals surface area contributed by atoms with Crippen molar-refractivity contribution in [2.45, 2.75) is 31.2 Å². The van der Waals surface area contributed by atoms with Crippen LogP contribution in [0.3, 0.4) is 0 Å². The lowest BCUT2D eigenvalue weighted by Crippen LogP contribution is -2.45. The van der Waals surface area contributed by atoms with Crippen LogP contribution in [0, 0.1) is 17.2 Å². The number of rotatable bonds is 6. The Bertz CT molecular complexity index is 494. The Morgan fingerprint density at radius 1 is 1.43 bits per heavy atom. The van der Waals surface area contributed by atoms with E-state index in [1.165, 1.54) is 5.69 Å². The van der Waals surface area contributed by atoms with Crippen LogP contribution in [0.15, 0.2) is 24.3 Å². The van der Waals surface area contributed by atoms with E-state index in [4.69, 9.17) is 4.74 Å². The summed E-state index contributed by atoms with van der Waals surface area (Å²) in [5.41, 5.74) is 0.863. The minimum atomic E-state index is -0.319. The largest absolute Gasteiger partial charge is 0.497 e. The normalized spacial score (nSPS) is 24.6. The Morgan fingerprint density at radius 2 is 2.14 bits per heavy atom. The highest BCUT2D eigenvalue weighted by molar-refractivity contribution is 5.48. The van der Waals surface area contributed by atoms with Crippen molar-refractivity contribution in [2.24, 2.45) is 5.92 Å². The van der Waals surface area contributed by atoms with Crippen LogP contribution in [0.5, 0.6) is 5.75 Å². The molecule has 2 rings (SSSR count). The molecule has 0 amide bonds. The van der Waals surface area contributed by atoms with Gasteiger partial charge >= 0.3 is 0 Å². The second kappa shape index (κ2) is 6.82. The minimum absolute atomic E-state index is 0.319. The molecule has 4 heteroatoms. The molecule has 114 valence electrons. The third-order valence-electron chi connectivity index (χ3n) is 4.79. The molecule has 1 aromatic rings. The fourth-order valence-electron chi connectivity index (χ4n) is 3.32. The molecule has 4 nitrogen and oxygen atoms in total. The van der Waals surface area contributed by atoms with Crippen molar-refractivity contribution in [3.8, 4) is 11.8 Å². The van der Waals surface area contributed by atoms with Crippen molar-refractivity contribution in [1.82, 2.24) is 5.32 Å². The fraction of sp³-hybridized carbons (Fsp3) is 0.588. The third-order valence-corrected chi connectivity index (χ3v) is 4.79. The van der Waals surface area contributed by atoms with Gasteiger partial charge in [0, 0.05) is 19.3 Å². The quantitative estimate of drug-likeness (QED) is 0.874. The lowest BCUT2D eigenvalue weighted by Gasteiger charge is -2.30. The highest BCUT2D eigenvalue weighted by Crippen LogP contribution is 2.37. The SMILES string of the molecule is CNC1(C#N)CCCC1CCN(C)c1ccc(OC)cc1. The summed E-state index contributed by atoms with van der Waals surface area (Å²) < 4.78 is 5.18. The fourth-order valence-corrected chi connectivity index (χ4v) is 3.32. The average Bonchev–Trinajstić information content (AvgIpc) is 2.96. The third kappa shape index (κ3) is 3.30. The smallest absolute Gasteiger partial charge is 0.119 e. The van der Waals surface area contributed by atoms with Crippen molar-refractivity contribution in [1.29, 1.82) is 5.26 Å². The zero-order chi connectivity index (χ0) is 15.3. The molecule has 0 aliphatic heterocycles. The lowest BCUT2D eigenvalue weighted by atomic mass is 9.86. The van der Waals surface area contributed by atoms with Crippen molar-refractivity contribution >= 4 is 5.69 Å². The molecule has 21 heavy (non-hydrogen) atoms. The van der Waals surface area contributed by atoms with Crippen LogP contribution in [0.4, 0.5) is 5.69 Å². The molecule has 2 atom stereocenters. The Kier molecular flexibility index (Phi) is 5.08.